The maximum Gasteiger partial charge on any atom is 0.227 e. The number of benzene rings is 1. The van der Waals surface area contributed by atoms with Crippen LogP contribution in [0.25, 0.3) is 0 Å². The molecule has 0 radical (unpaired) electrons. The lowest BCUT2D eigenvalue weighted by Gasteiger charge is -2.36. The number of carbonyl (C=O) groups is 1. The van der Waals surface area contributed by atoms with Gasteiger partial charge in [-0.2, -0.15) is 0 Å². The summed E-state index contributed by atoms with van der Waals surface area (Å²) in [4.78, 5) is 20.6. The minimum atomic E-state index is -0.338. The van der Waals surface area contributed by atoms with E-state index >= 15 is 0 Å². The van der Waals surface area contributed by atoms with Gasteiger partial charge in [0.25, 0.3) is 0 Å². The molecule has 1 fully saturated rings. The van der Waals surface area contributed by atoms with Crippen molar-refractivity contribution in [2.45, 2.75) is 12.8 Å². The summed E-state index contributed by atoms with van der Waals surface area (Å²) < 4.78 is 12.2. The normalized spacial score (nSPS) is 15.5. The smallest absolute Gasteiger partial charge is 0.227 e. The van der Waals surface area contributed by atoms with Crippen molar-refractivity contribution in [1.29, 1.82) is 0 Å². The van der Waals surface area contributed by atoms with Crippen LogP contribution < -0.4 is 5.32 Å². The van der Waals surface area contributed by atoms with E-state index in [2.05, 4.69) is 15.2 Å². The fourth-order valence-electron chi connectivity index (χ4n) is 2.70. The van der Waals surface area contributed by atoms with Crippen molar-refractivity contribution in [3.63, 3.8) is 0 Å². The predicted molar refractivity (Wildman–Crippen MR) is 95.3 cm³/mol. The Morgan fingerprint density at radius 3 is 2.62 bits per heavy atom. The first kappa shape index (κ1) is 18.5. The predicted octanol–water partition coefficient (Wildman–Crippen LogP) is 1.96. The number of halogens is 2. The molecule has 2 rings (SSSR count). The van der Waals surface area contributed by atoms with E-state index in [1.54, 1.807) is 13.1 Å². The van der Waals surface area contributed by atoms with Crippen molar-refractivity contribution >= 4 is 23.5 Å². The number of nitrogens with one attached hydrogen (secondary N) is 1. The Hall–Kier alpha value is -1.82. The van der Waals surface area contributed by atoms with Gasteiger partial charge in [-0.15, -0.1) is 0 Å². The van der Waals surface area contributed by atoms with Gasteiger partial charge in [-0.05, 0) is 24.1 Å². The maximum atomic E-state index is 12.4. The highest BCUT2D eigenvalue weighted by molar-refractivity contribution is 6.30. The highest BCUT2D eigenvalue weighted by Crippen LogP contribution is 2.13. The zero-order chi connectivity index (χ0) is 17.4. The Labute approximate surface area is 147 Å². The van der Waals surface area contributed by atoms with E-state index in [9.17, 15) is 9.18 Å². The summed E-state index contributed by atoms with van der Waals surface area (Å²) >= 11 is 5.96. The van der Waals surface area contributed by atoms with Crippen LogP contribution in [-0.2, 0) is 11.2 Å². The van der Waals surface area contributed by atoms with Crippen LogP contribution in [-0.4, -0.2) is 68.1 Å². The van der Waals surface area contributed by atoms with Gasteiger partial charge in [-0.1, -0.05) is 23.7 Å². The highest BCUT2D eigenvalue weighted by atomic mass is 35.5. The molecule has 0 atom stereocenters. The van der Waals surface area contributed by atoms with Crippen LogP contribution in [0.4, 0.5) is 4.39 Å². The van der Waals surface area contributed by atoms with Crippen LogP contribution in [0.1, 0.15) is 12.0 Å². The number of aliphatic imine (C=N–C) groups is 1. The molecule has 132 valence electrons. The second-order valence-electron chi connectivity index (χ2n) is 5.69. The highest BCUT2D eigenvalue weighted by Gasteiger charge is 2.22. The molecule has 0 bridgehead atoms. The molecular weight excluding hydrogens is 331 g/mol. The molecule has 0 saturated carbocycles. The summed E-state index contributed by atoms with van der Waals surface area (Å²) in [5.41, 5.74) is 0.929. The summed E-state index contributed by atoms with van der Waals surface area (Å²) in [6.07, 6.45) is 0.834. The molecule has 0 spiro atoms. The molecule has 5 nitrogen and oxygen atoms in total. The Morgan fingerprint density at radius 1 is 1.29 bits per heavy atom. The number of hydrogen-bond acceptors (Lipinski definition) is 2. The van der Waals surface area contributed by atoms with Crippen molar-refractivity contribution in [3.05, 3.63) is 34.9 Å². The first-order valence-electron chi connectivity index (χ1n) is 8.18. The monoisotopic (exact) mass is 354 g/mol. The van der Waals surface area contributed by atoms with Crippen LogP contribution in [0.5, 0.6) is 0 Å². The summed E-state index contributed by atoms with van der Waals surface area (Å²) in [7, 11) is 1.72. The van der Waals surface area contributed by atoms with Crippen LogP contribution >= 0.6 is 11.6 Å². The minimum Gasteiger partial charge on any atom is -0.356 e. The molecule has 24 heavy (non-hydrogen) atoms. The van der Waals surface area contributed by atoms with Crippen LogP contribution in [0.15, 0.2) is 29.3 Å². The van der Waals surface area contributed by atoms with Gasteiger partial charge in [0.15, 0.2) is 5.96 Å². The fraction of sp³-hybridized carbons (Fsp3) is 0.529. The molecular formula is C17H24ClFN4O. The minimum absolute atomic E-state index is 0.109. The number of amides is 1. The third-order valence-electron chi connectivity index (χ3n) is 3.98. The molecule has 1 saturated heterocycles. The van der Waals surface area contributed by atoms with Gasteiger partial charge < -0.3 is 15.1 Å². The number of hydrogen-bond donors (Lipinski definition) is 1. The molecule has 1 aromatic carbocycles. The summed E-state index contributed by atoms with van der Waals surface area (Å²) in [6.45, 7) is 2.98. The van der Waals surface area contributed by atoms with Crippen molar-refractivity contribution in [1.82, 2.24) is 15.1 Å². The molecule has 0 unspecified atom stereocenters. The van der Waals surface area contributed by atoms with Gasteiger partial charge in [0, 0.05) is 44.8 Å². The zero-order valence-electron chi connectivity index (χ0n) is 14.0. The lowest BCUT2D eigenvalue weighted by Crippen LogP contribution is -2.54. The van der Waals surface area contributed by atoms with Crippen LogP contribution in [0.2, 0.25) is 5.02 Å². The lowest BCUT2D eigenvalue weighted by molar-refractivity contribution is -0.131. The Kier molecular flexibility index (Phi) is 7.31. The van der Waals surface area contributed by atoms with E-state index in [1.807, 2.05) is 23.1 Å². The molecule has 1 heterocycles. The van der Waals surface area contributed by atoms with Crippen molar-refractivity contribution in [2.75, 3.05) is 46.4 Å². The molecule has 1 aromatic rings. The van der Waals surface area contributed by atoms with Gasteiger partial charge in [0.1, 0.15) is 0 Å². The third kappa shape index (κ3) is 5.37. The molecule has 1 aliphatic heterocycles. The number of piperazine rings is 1. The SMILES string of the molecule is CN=C(NCCCF)N1CCN(C(=O)Cc2cccc(Cl)c2)CC1. The average Bonchev–Trinajstić information content (AvgIpc) is 2.59. The molecule has 0 aliphatic carbocycles. The van der Waals surface area contributed by atoms with Gasteiger partial charge in [0.05, 0.1) is 13.1 Å². The second-order valence-corrected chi connectivity index (χ2v) is 6.13. The first-order chi connectivity index (χ1) is 11.6. The average molecular weight is 355 g/mol. The number of guanidine groups is 1. The van der Waals surface area contributed by atoms with Gasteiger partial charge in [0.2, 0.25) is 5.91 Å². The number of carbonyl (C=O) groups excluding carboxylic acids is 1. The van der Waals surface area contributed by atoms with E-state index in [1.165, 1.54) is 0 Å². The maximum absolute atomic E-state index is 12.4. The van der Waals surface area contributed by atoms with Gasteiger partial charge >= 0.3 is 0 Å². The summed E-state index contributed by atoms with van der Waals surface area (Å²) in [5.74, 6) is 0.877. The van der Waals surface area contributed by atoms with Gasteiger partial charge in [-0.25, -0.2) is 0 Å². The van der Waals surface area contributed by atoms with Crippen LogP contribution in [0.3, 0.4) is 0 Å². The standard InChI is InChI=1S/C17H24ClFN4O/c1-20-17(21-7-3-6-19)23-10-8-22(9-11-23)16(24)13-14-4-2-5-15(18)12-14/h2,4-5,12H,3,6-11,13H2,1H3,(H,20,21). The quantitative estimate of drug-likeness (QED) is 0.499. The summed E-state index contributed by atoms with van der Waals surface area (Å²) in [6, 6.07) is 7.40. The fourth-order valence-corrected chi connectivity index (χ4v) is 2.91. The molecule has 1 amide bonds. The summed E-state index contributed by atoms with van der Waals surface area (Å²) in [5, 5.41) is 3.79. The first-order valence-corrected chi connectivity index (χ1v) is 8.55. The lowest BCUT2D eigenvalue weighted by atomic mass is 10.1. The molecule has 1 aliphatic rings. The topological polar surface area (TPSA) is 47.9 Å². The number of alkyl halides is 1. The van der Waals surface area contributed by atoms with Crippen molar-refractivity contribution in [3.8, 4) is 0 Å². The Balaban J connectivity index is 1.82. The Bertz CT molecular complexity index is 573. The Morgan fingerprint density at radius 2 is 2.00 bits per heavy atom. The molecule has 0 aromatic heterocycles. The van der Waals surface area contributed by atoms with E-state index in [-0.39, 0.29) is 12.6 Å². The zero-order valence-corrected chi connectivity index (χ0v) is 14.7. The van der Waals surface area contributed by atoms with Crippen LogP contribution in [0, 0.1) is 0 Å². The second kappa shape index (κ2) is 9.47. The van der Waals surface area contributed by atoms with E-state index in [0.29, 0.717) is 37.5 Å². The van der Waals surface area contributed by atoms with E-state index < -0.39 is 0 Å². The number of nitrogens with zero attached hydrogens (tertiary/aromatic N) is 3. The molecule has 7 heteroatoms. The van der Waals surface area contributed by atoms with Gasteiger partial charge in [-0.3, -0.25) is 14.2 Å². The third-order valence-corrected chi connectivity index (χ3v) is 4.22. The largest absolute Gasteiger partial charge is 0.356 e. The van der Waals surface area contributed by atoms with E-state index in [0.717, 1.165) is 24.6 Å². The van der Waals surface area contributed by atoms with Crippen molar-refractivity contribution in [2.24, 2.45) is 4.99 Å². The number of rotatable bonds is 5. The van der Waals surface area contributed by atoms with Crippen molar-refractivity contribution < 1.29 is 9.18 Å². The molecule has 1 N–H and O–H groups in total. The van der Waals surface area contributed by atoms with E-state index in [4.69, 9.17) is 11.6 Å².